The van der Waals surface area contributed by atoms with E-state index in [1.54, 1.807) is 6.07 Å². The summed E-state index contributed by atoms with van der Waals surface area (Å²) in [6.07, 6.45) is 1.57. The molecule has 0 fully saturated rings. The molecule has 0 aliphatic carbocycles. The van der Waals surface area contributed by atoms with Gasteiger partial charge in [0.25, 0.3) is 5.91 Å². The molecule has 0 aliphatic rings. The molecule has 3 rings (SSSR count). The van der Waals surface area contributed by atoms with Crippen LogP contribution in [0.3, 0.4) is 0 Å². The van der Waals surface area contributed by atoms with E-state index < -0.39 is 29.6 Å². The summed E-state index contributed by atoms with van der Waals surface area (Å²) in [4.78, 5) is 24.4. The third-order valence-corrected chi connectivity index (χ3v) is 4.37. The van der Waals surface area contributed by atoms with E-state index in [1.807, 2.05) is 18.2 Å². The van der Waals surface area contributed by atoms with E-state index in [-0.39, 0.29) is 11.3 Å². The predicted octanol–water partition coefficient (Wildman–Crippen LogP) is 4.05. The Bertz CT molecular complexity index is 1050. The van der Waals surface area contributed by atoms with Gasteiger partial charge in [-0.05, 0) is 30.7 Å². The second-order valence-electron chi connectivity index (χ2n) is 6.18. The summed E-state index contributed by atoms with van der Waals surface area (Å²) in [7, 11) is 0. The normalized spacial score (nSPS) is 11.7. The molecule has 0 aliphatic heterocycles. The quantitative estimate of drug-likeness (QED) is 0.612. The molecule has 1 unspecified atom stereocenters. The number of esters is 1. The van der Waals surface area contributed by atoms with Crippen LogP contribution in [0.4, 0.5) is 14.5 Å². The van der Waals surface area contributed by atoms with Crippen LogP contribution in [0.2, 0.25) is 5.02 Å². The first kappa shape index (κ1) is 20.5. The van der Waals surface area contributed by atoms with Gasteiger partial charge in [-0.1, -0.05) is 29.8 Å². The van der Waals surface area contributed by atoms with Gasteiger partial charge in [-0.2, -0.15) is 5.10 Å². The molecule has 1 amide bonds. The van der Waals surface area contributed by atoms with E-state index in [2.05, 4.69) is 10.4 Å². The summed E-state index contributed by atoms with van der Waals surface area (Å²) in [5.41, 5.74) is 0.753. The lowest BCUT2D eigenvalue weighted by atomic mass is 10.2. The minimum absolute atomic E-state index is 0.143. The van der Waals surface area contributed by atoms with Crippen LogP contribution in [0, 0.1) is 11.6 Å². The number of hydrogen-bond acceptors (Lipinski definition) is 4. The van der Waals surface area contributed by atoms with Crippen LogP contribution in [0.15, 0.2) is 54.9 Å². The largest absolute Gasteiger partial charge is 0.449 e. The zero-order valence-corrected chi connectivity index (χ0v) is 16.0. The maximum absolute atomic E-state index is 13.6. The smallest absolute Gasteiger partial charge is 0.342 e. The fourth-order valence-corrected chi connectivity index (χ4v) is 2.66. The van der Waals surface area contributed by atoms with E-state index in [9.17, 15) is 18.4 Å². The van der Waals surface area contributed by atoms with Crippen molar-refractivity contribution >= 4 is 29.2 Å². The van der Waals surface area contributed by atoms with Crippen LogP contribution in [0.5, 0.6) is 0 Å². The van der Waals surface area contributed by atoms with Crippen LogP contribution in [0.1, 0.15) is 22.8 Å². The number of halogens is 3. The first-order valence-corrected chi connectivity index (χ1v) is 8.94. The number of anilines is 1. The predicted molar refractivity (Wildman–Crippen MR) is 103 cm³/mol. The molecule has 0 bridgehead atoms. The number of aromatic nitrogens is 2. The van der Waals surface area contributed by atoms with Crippen molar-refractivity contribution in [1.82, 2.24) is 9.78 Å². The molecule has 0 saturated carbocycles. The Balaban J connectivity index is 1.60. The Labute approximate surface area is 170 Å². The van der Waals surface area contributed by atoms with E-state index in [0.29, 0.717) is 17.6 Å². The highest BCUT2D eigenvalue weighted by atomic mass is 35.5. The second-order valence-corrected chi connectivity index (χ2v) is 6.59. The van der Waals surface area contributed by atoms with Crippen LogP contribution < -0.4 is 5.32 Å². The van der Waals surface area contributed by atoms with Gasteiger partial charge in [0.05, 0.1) is 24.0 Å². The maximum atomic E-state index is 13.6. The van der Waals surface area contributed by atoms with Crippen LogP contribution in [-0.4, -0.2) is 27.8 Å². The molecule has 1 N–H and O–H groups in total. The lowest BCUT2D eigenvalue weighted by molar-refractivity contribution is -0.123. The molecule has 3 aromatic rings. The van der Waals surface area contributed by atoms with Gasteiger partial charge in [0.15, 0.2) is 6.10 Å². The summed E-state index contributed by atoms with van der Waals surface area (Å²) < 4.78 is 33.2. The summed E-state index contributed by atoms with van der Waals surface area (Å²) in [5, 5.41) is 6.90. The van der Waals surface area contributed by atoms with E-state index in [1.165, 1.54) is 24.0 Å². The van der Waals surface area contributed by atoms with Crippen LogP contribution in [-0.2, 0) is 16.1 Å². The third kappa shape index (κ3) is 5.17. The standard InChI is InChI=1S/C20H16ClF2N3O3/c1-12(19(27)25-18-7-6-15(22)8-17(18)23)29-20(28)14-9-24-26(11-14)10-13-4-2-3-5-16(13)21/h2-9,11-12H,10H2,1H3,(H,25,27). The Morgan fingerprint density at radius 1 is 1.24 bits per heavy atom. The fourth-order valence-electron chi connectivity index (χ4n) is 2.46. The number of ether oxygens (including phenoxy) is 1. The van der Waals surface area contributed by atoms with E-state index in [4.69, 9.17) is 16.3 Å². The number of benzene rings is 2. The van der Waals surface area contributed by atoms with Gasteiger partial charge in [-0.25, -0.2) is 13.6 Å². The molecular formula is C20H16ClF2N3O3. The van der Waals surface area contributed by atoms with Gasteiger partial charge in [-0.3, -0.25) is 9.48 Å². The number of nitrogens with zero attached hydrogens (tertiary/aromatic N) is 2. The molecule has 1 atom stereocenters. The van der Waals surface area contributed by atoms with Crippen molar-refractivity contribution in [2.75, 3.05) is 5.32 Å². The average Bonchev–Trinajstić information content (AvgIpc) is 3.14. The Morgan fingerprint density at radius 3 is 2.72 bits per heavy atom. The molecule has 150 valence electrons. The fraction of sp³-hybridized carbons (Fsp3) is 0.150. The van der Waals surface area contributed by atoms with Crippen molar-refractivity contribution in [3.05, 3.63) is 82.6 Å². The number of nitrogens with one attached hydrogen (secondary N) is 1. The minimum atomic E-state index is -1.21. The maximum Gasteiger partial charge on any atom is 0.342 e. The zero-order chi connectivity index (χ0) is 21.0. The van der Waals surface area contributed by atoms with E-state index in [0.717, 1.165) is 17.7 Å². The molecule has 0 saturated heterocycles. The summed E-state index contributed by atoms with van der Waals surface area (Å²) in [5.74, 6) is -3.23. The molecule has 9 heteroatoms. The highest BCUT2D eigenvalue weighted by molar-refractivity contribution is 6.31. The topological polar surface area (TPSA) is 73.2 Å². The lowest BCUT2D eigenvalue weighted by Crippen LogP contribution is -2.30. The third-order valence-electron chi connectivity index (χ3n) is 4.00. The molecule has 0 spiro atoms. The minimum Gasteiger partial charge on any atom is -0.449 e. The molecule has 29 heavy (non-hydrogen) atoms. The first-order valence-electron chi connectivity index (χ1n) is 8.56. The molecule has 1 aromatic heterocycles. The number of carbonyl (C=O) groups is 2. The number of rotatable bonds is 6. The zero-order valence-electron chi connectivity index (χ0n) is 15.2. The summed E-state index contributed by atoms with van der Waals surface area (Å²) in [6, 6.07) is 9.95. The van der Waals surface area contributed by atoms with Crippen molar-refractivity contribution in [1.29, 1.82) is 0 Å². The highest BCUT2D eigenvalue weighted by Crippen LogP contribution is 2.17. The van der Waals surface area contributed by atoms with Crippen LogP contribution in [0.25, 0.3) is 0 Å². The highest BCUT2D eigenvalue weighted by Gasteiger charge is 2.21. The molecular weight excluding hydrogens is 404 g/mol. The number of amides is 1. The molecule has 0 radical (unpaired) electrons. The monoisotopic (exact) mass is 419 g/mol. The van der Waals surface area contributed by atoms with Gasteiger partial charge in [-0.15, -0.1) is 0 Å². The molecule has 2 aromatic carbocycles. The Kier molecular flexibility index (Phi) is 6.23. The Morgan fingerprint density at radius 2 is 2.00 bits per heavy atom. The van der Waals surface area contributed by atoms with Gasteiger partial charge in [0.2, 0.25) is 0 Å². The van der Waals surface area contributed by atoms with Crippen molar-refractivity contribution in [2.24, 2.45) is 0 Å². The summed E-state index contributed by atoms with van der Waals surface area (Å²) in [6.45, 7) is 1.69. The second kappa shape index (κ2) is 8.83. The van der Waals surface area contributed by atoms with Gasteiger partial charge >= 0.3 is 5.97 Å². The number of hydrogen-bond donors (Lipinski definition) is 1. The SMILES string of the molecule is CC(OC(=O)c1cnn(Cc2ccccc2Cl)c1)C(=O)Nc1ccc(F)cc1F. The molecule has 1 heterocycles. The van der Waals surface area contributed by atoms with Gasteiger partial charge < -0.3 is 10.1 Å². The van der Waals surface area contributed by atoms with Crippen molar-refractivity contribution in [2.45, 2.75) is 19.6 Å². The van der Waals surface area contributed by atoms with Crippen LogP contribution >= 0.6 is 11.6 Å². The van der Waals surface area contributed by atoms with E-state index >= 15 is 0 Å². The van der Waals surface area contributed by atoms with Crippen molar-refractivity contribution in [3.63, 3.8) is 0 Å². The Hall–Kier alpha value is -3.26. The van der Waals surface area contributed by atoms with Crippen molar-refractivity contribution in [3.8, 4) is 0 Å². The first-order chi connectivity index (χ1) is 13.8. The van der Waals surface area contributed by atoms with Gasteiger partial charge in [0, 0.05) is 17.3 Å². The van der Waals surface area contributed by atoms with Gasteiger partial charge in [0.1, 0.15) is 11.6 Å². The summed E-state index contributed by atoms with van der Waals surface area (Å²) >= 11 is 6.11. The molecule has 6 nitrogen and oxygen atoms in total. The number of carbonyl (C=O) groups excluding carboxylic acids is 2. The van der Waals surface area contributed by atoms with Crippen molar-refractivity contribution < 1.29 is 23.1 Å². The average molecular weight is 420 g/mol. The lowest BCUT2D eigenvalue weighted by Gasteiger charge is -2.13.